The van der Waals surface area contributed by atoms with E-state index in [-0.39, 0.29) is 11.3 Å². The van der Waals surface area contributed by atoms with Crippen LogP contribution in [-0.4, -0.2) is 26.7 Å². The standard InChI is InChI=1S/C11H14ClNO4/c1-4-17-13-11(14)9-8(15-2)6-5-7(12)10(9)16-3/h5-6H,4H2,1-3H3,(H,13,14). The molecule has 0 saturated carbocycles. The van der Waals surface area contributed by atoms with Gasteiger partial charge < -0.3 is 9.47 Å². The third-order valence-electron chi connectivity index (χ3n) is 2.03. The lowest BCUT2D eigenvalue weighted by Crippen LogP contribution is -2.24. The van der Waals surface area contributed by atoms with Crippen molar-refractivity contribution in [3.8, 4) is 11.5 Å². The highest BCUT2D eigenvalue weighted by molar-refractivity contribution is 6.32. The molecule has 0 bridgehead atoms. The van der Waals surface area contributed by atoms with Crippen LogP contribution in [-0.2, 0) is 4.84 Å². The second-order valence-electron chi connectivity index (χ2n) is 3.02. The van der Waals surface area contributed by atoms with Gasteiger partial charge in [-0.15, -0.1) is 0 Å². The van der Waals surface area contributed by atoms with Gasteiger partial charge in [0.05, 0.1) is 25.8 Å². The monoisotopic (exact) mass is 259 g/mol. The number of halogens is 1. The third kappa shape index (κ3) is 3.01. The first kappa shape index (κ1) is 13.6. The van der Waals surface area contributed by atoms with E-state index < -0.39 is 5.91 Å². The topological polar surface area (TPSA) is 56.8 Å². The minimum absolute atomic E-state index is 0.205. The lowest BCUT2D eigenvalue weighted by molar-refractivity contribution is 0.0359. The zero-order valence-electron chi connectivity index (χ0n) is 9.87. The van der Waals surface area contributed by atoms with Crippen molar-refractivity contribution < 1.29 is 19.1 Å². The van der Waals surface area contributed by atoms with Gasteiger partial charge in [0.2, 0.25) is 0 Å². The molecule has 1 amide bonds. The van der Waals surface area contributed by atoms with Gasteiger partial charge >= 0.3 is 0 Å². The molecule has 0 aliphatic carbocycles. The first-order chi connectivity index (χ1) is 8.15. The number of benzene rings is 1. The largest absolute Gasteiger partial charge is 0.496 e. The minimum Gasteiger partial charge on any atom is -0.496 e. The Kier molecular flexibility index (Phi) is 5.06. The van der Waals surface area contributed by atoms with Crippen molar-refractivity contribution in [3.05, 3.63) is 22.7 Å². The SMILES string of the molecule is CCONC(=O)c1c(OC)ccc(Cl)c1OC. The fourth-order valence-electron chi connectivity index (χ4n) is 1.31. The molecule has 1 aromatic carbocycles. The molecule has 6 heteroatoms. The summed E-state index contributed by atoms with van der Waals surface area (Å²) in [6.45, 7) is 2.11. The molecule has 0 aliphatic rings. The zero-order valence-corrected chi connectivity index (χ0v) is 10.6. The lowest BCUT2D eigenvalue weighted by atomic mass is 10.1. The normalized spacial score (nSPS) is 9.88. The summed E-state index contributed by atoms with van der Waals surface area (Å²) in [4.78, 5) is 16.7. The van der Waals surface area contributed by atoms with E-state index in [4.69, 9.17) is 25.9 Å². The van der Waals surface area contributed by atoms with Crippen LogP contribution < -0.4 is 15.0 Å². The Balaban J connectivity index is 3.17. The molecular formula is C11H14ClNO4. The number of methoxy groups -OCH3 is 2. The Morgan fingerprint density at radius 2 is 2.06 bits per heavy atom. The molecule has 0 heterocycles. The zero-order chi connectivity index (χ0) is 12.8. The van der Waals surface area contributed by atoms with Crippen LogP contribution in [0.1, 0.15) is 17.3 Å². The second-order valence-corrected chi connectivity index (χ2v) is 3.43. The molecule has 0 unspecified atom stereocenters. The molecule has 1 rings (SSSR count). The van der Waals surface area contributed by atoms with E-state index in [9.17, 15) is 4.79 Å². The highest BCUT2D eigenvalue weighted by Crippen LogP contribution is 2.35. The van der Waals surface area contributed by atoms with Crippen LogP contribution in [0.15, 0.2) is 12.1 Å². The number of hydrogen-bond acceptors (Lipinski definition) is 4. The van der Waals surface area contributed by atoms with Gasteiger partial charge in [0.15, 0.2) is 5.75 Å². The van der Waals surface area contributed by atoms with E-state index in [2.05, 4.69) is 5.48 Å². The second kappa shape index (κ2) is 6.32. The van der Waals surface area contributed by atoms with Crippen molar-refractivity contribution in [1.29, 1.82) is 0 Å². The third-order valence-corrected chi connectivity index (χ3v) is 2.33. The Morgan fingerprint density at radius 1 is 1.35 bits per heavy atom. The van der Waals surface area contributed by atoms with E-state index in [1.54, 1.807) is 19.1 Å². The number of carbonyl (C=O) groups is 1. The Hall–Kier alpha value is -1.46. The number of rotatable bonds is 5. The lowest BCUT2D eigenvalue weighted by Gasteiger charge is -2.13. The predicted molar refractivity (Wildman–Crippen MR) is 63.6 cm³/mol. The summed E-state index contributed by atoms with van der Waals surface area (Å²) in [5, 5.41) is 0.329. The van der Waals surface area contributed by atoms with Gasteiger partial charge in [-0.2, -0.15) is 0 Å². The number of nitrogens with one attached hydrogen (secondary N) is 1. The molecule has 0 atom stereocenters. The number of hydrogen-bond donors (Lipinski definition) is 1. The molecule has 0 fully saturated rings. The maximum Gasteiger partial charge on any atom is 0.282 e. The van der Waals surface area contributed by atoms with E-state index in [0.29, 0.717) is 17.4 Å². The molecular weight excluding hydrogens is 246 g/mol. The predicted octanol–water partition coefficient (Wildman–Crippen LogP) is 2.04. The summed E-state index contributed by atoms with van der Waals surface area (Å²) in [5.41, 5.74) is 2.47. The van der Waals surface area contributed by atoms with Crippen molar-refractivity contribution in [3.63, 3.8) is 0 Å². The van der Waals surface area contributed by atoms with Crippen LogP contribution in [0.2, 0.25) is 5.02 Å². The Morgan fingerprint density at radius 3 is 2.59 bits per heavy atom. The molecule has 17 heavy (non-hydrogen) atoms. The molecule has 0 aromatic heterocycles. The van der Waals surface area contributed by atoms with Crippen molar-refractivity contribution in [2.24, 2.45) is 0 Å². The average molecular weight is 260 g/mol. The van der Waals surface area contributed by atoms with Crippen LogP contribution >= 0.6 is 11.6 Å². The van der Waals surface area contributed by atoms with E-state index in [0.717, 1.165) is 0 Å². The summed E-state index contributed by atoms with van der Waals surface area (Å²) in [6.07, 6.45) is 0. The van der Waals surface area contributed by atoms with Gasteiger partial charge in [-0.05, 0) is 19.1 Å². The number of ether oxygens (including phenoxy) is 2. The highest BCUT2D eigenvalue weighted by atomic mass is 35.5. The van der Waals surface area contributed by atoms with Crippen LogP contribution in [0.3, 0.4) is 0 Å². The maximum absolute atomic E-state index is 11.9. The van der Waals surface area contributed by atoms with Crippen LogP contribution in [0, 0.1) is 0 Å². The Labute approximate surface area is 105 Å². The smallest absolute Gasteiger partial charge is 0.282 e. The molecule has 94 valence electrons. The summed E-state index contributed by atoms with van der Waals surface area (Å²) in [5.74, 6) is 0.148. The van der Waals surface area contributed by atoms with Gasteiger partial charge in [-0.1, -0.05) is 11.6 Å². The number of carbonyl (C=O) groups excluding carboxylic acids is 1. The first-order valence-electron chi connectivity index (χ1n) is 4.98. The van der Waals surface area contributed by atoms with Crippen molar-refractivity contribution >= 4 is 17.5 Å². The fraction of sp³-hybridized carbons (Fsp3) is 0.364. The minimum atomic E-state index is -0.469. The van der Waals surface area contributed by atoms with Gasteiger partial charge in [-0.25, -0.2) is 5.48 Å². The molecule has 0 aliphatic heterocycles. The number of amides is 1. The summed E-state index contributed by atoms with van der Waals surface area (Å²) in [7, 11) is 2.89. The maximum atomic E-state index is 11.9. The van der Waals surface area contributed by atoms with E-state index in [1.807, 2.05) is 0 Å². The molecule has 1 aromatic rings. The summed E-state index contributed by atoms with van der Waals surface area (Å²) >= 11 is 5.94. The molecule has 0 radical (unpaired) electrons. The van der Waals surface area contributed by atoms with E-state index >= 15 is 0 Å². The average Bonchev–Trinajstić information content (AvgIpc) is 2.35. The van der Waals surface area contributed by atoms with Gasteiger partial charge in [0.25, 0.3) is 5.91 Å². The van der Waals surface area contributed by atoms with Gasteiger partial charge in [-0.3, -0.25) is 9.63 Å². The van der Waals surface area contributed by atoms with Crippen LogP contribution in [0.4, 0.5) is 0 Å². The molecule has 1 N–H and O–H groups in total. The van der Waals surface area contributed by atoms with Crippen molar-refractivity contribution in [1.82, 2.24) is 5.48 Å². The van der Waals surface area contributed by atoms with Crippen molar-refractivity contribution in [2.75, 3.05) is 20.8 Å². The molecule has 0 saturated heterocycles. The van der Waals surface area contributed by atoms with Gasteiger partial charge in [0.1, 0.15) is 11.3 Å². The highest BCUT2D eigenvalue weighted by Gasteiger charge is 2.21. The van der Waals surface area contributed by atoms with Crippen LogP contribution in [0.25, 0.3) is 0 Å². The molecule has 0 spiro atoms. The van der Waals surface area contributed by atoms with Gasteiger partial charge in [0, 0.05) is 0 Å². The first-order valence-corrected chi connectivity index (χ1v) is 5.36. The quantitative estimate of drug-likeness (QED) is 0.822. The summed E-state index contributed by atoms with van der Waals surface area (Å²) < 4.78 is 10.2. The van der Waals surface area contributed by atoms with Crippen LogP contribution in [0.5, 0.6) is 11.5 Å². The fourth-order valence-corrected chi connectivity index (χ4v) is 1.55. The van der Waals surface area contributed by atoms with Crippen molar-refractivity contribution in [2.45, 2.75) is 6.92 Å². The number of hydroxylamine groups is 1. The molecule has 5 nitrogen and oxygen atoms in total. The van der Waals surface area contributed by atoms with E-state index in [1.165, 1.54) is 14.2 Å². The summed E-state index contributed by atoms with van der Waals surface area (Å²) in [6, 6.07) is 3.18. The Bertz CT molecular complexity index is 409.